The van der Waals surface area contributed by atoms with Crippen molar-refractivity contribution in [1.82, 2.24) is 0 Å². The van der Waals surface area contributed by atoms with Crippen LogP contribution in [0.1, 0.15) is 0 Å². The van der Waals surface area contributed by atoms with E-state index in [2.05, 4.69) is 5.14 Å². The first-order valence-corrected chi connectivity index (χ1v) is 5.08. The van der Waals surface area contributed by atoms with Gasteiger partial charge in [-0.3, -0.25) is 0 Å². The summed E-state index contributed by atoms with van der Waals surface area (Å²) in [4.78, 5) is -0.533. The second-order valence-electron chi connectivity index (χ2n) is 2.69. The number of hydrogen-bond donors (Lipinski definition) is 1. The normalized spacial score (nSPS) is 12.0. The third kappa shape index (κ3) is 4.55. The van der Waals surface area contributed by atoms with Crippen molar-refractivity contribution >= 4 is 22.5 Å². The van der Waals surface area contributed by atoms with Crippen molar-refractivity contribution in [2.45, 2.75) is 4.90 Å². The van der Waals surface area contributed by atoms with Gasteiger partial charge < -0.3 is 12.9 Å². The smallest absolute Gasteiger partial charge is 0.445 e. The monoisotopic (exact) mass is 263 g/mol. The van der Waals surface area contributed by atoms with E-state index in [0.29, 0.717) is 6.07 Å². The molecule has 0 aliphatic rings. The van der Waals surface area contributed by atoms with E-state index >= 15 is 0 Å². The van der Waals surface area contributed by atoms with Crippen molar-refractivity contribution in [3.05, 3.63) is 24.3 Å². The van der Waals surface area contributed by atoms with E-state index < -0.39 is 27.4 Å². The van der Waals surface area contributed by atoms with Gasteiger partial charge in [0.25, 0.3) is 0 Å². The minimum Gasteiger partial charge on any atom is -0.445 e. The van der Waals surface area contributed by atoms with E-state index in [1.54, 1.807) is 0 Å². The summed E-state index contributed by atoms with van der Waals surface area (Å²) in [6.07, 6.45) is 0. The summed E-state index contributed by atoms with van der Waals surface area (Å²) >= 11 is 0. The van der Waals surface area contributed by atoms with Gasteiger partial charge in [0, 0.05) is 0 Å². The zero-order valence-electron chi connectivity index (χ0n) is 7.82. The maximum atomic E-state index is 12.2. The van der Waals surface area contributed by atoms with Crippen LogP contribution in [0.25, 0.3) is 0 Å². The molecular weight excluding hydrogens is 257 g/mol. The quantitative estimate of drug-likeness (QED) is 0.594. The van der Waals surface area contributed by atoms with Gasteiger partial charge in [-0.1, -0.05) is 18.2 Å². The van der Waals surface area contributed by atoms with Crippen LogP contribution in [0.5, 0.6) is 0 Å². The predicted molar refractivity (Wildman–Crippen MR) is 46.5 cm³/mol. The van der Waals surface area contributed by atoms with Crippen LogP contribution in [0, 0.1) is 0 Å². The second kappa shape index (κ2) is 5.30. The molecule has 1 aromatic carbocycles. The Morgan fingerprint density at radius 3 is 2.13 bits per heavy atom. The molecule has 0 fully saturated rings. The van der Waals surface area contributed by atoms with Gasteiger partial charge in [0.2, 0.25) is 10.0 Å². The number of rotatable bonds is 2. The van der Waals surface area contributed by atoms with Crippen molar-refractivity contribution in [2.75, 3.05) is 0 Å². The van der Waals surface area contributed by atoms with Crippen LogP contribution >= 0.6 is 0 Å². The summed E-state index contributed by atoms with van der Waals surface area (Å²) in [5.41, 5.74) is -0.975. The van der Waals surface area contributed by atoms with Crippen LogP contribution < -0.4 is 62.0 Å². The standard InChI is InChI=1S/C6H6BF3NO2S.K/c8-7(9,10)5-2-1-3-6(4-5)14(11,12)13;/h1-4H,(H2,11,12,13);/q-1;+1. The first-order valence-electron chi connectivity index (χ1n) is 3.54. The maximum Gasteiger partial charge on any atom is 1.00 e. The van der Waals surface area contributed by atoms with Crippen LogP contribution in [0.4, 0.5) is 12.9 Å². The Morgan fingerprint density at radius 2 is 1.73 bits per heavy atom. The molecule has 0 saturated carbocycles. The van der Waals surface area contributed by atoms with Crippen LogP contribution in [0.3, 0.4) is 0 Å². The zero-order chi connectivity index (χ0) is 11.0. The maximum absolute atomic E-state index is 12.2. The molecule has 0 aliphatic heterocycles. The van der Waals surface area contributed by atoms with E-state index in [1.807, 2.05) is 0 Å². The molecule has 78 valence electrons. The Kier molecular flexibility index (Phi) is 5.52. The van der Waals surface area contributed by atoms with Crippen molar-refractivity contribution < 1.29 is 72.7 Å². The zero-order valence-corrected chi connectivity index (χ0v) is 11.8. The number of halogens is 3. The molecule has 0 spiro atoms. The molecule has 15 heavy (non-hydrogen) atoms. The molecule has 0 unspecified atom stereocenters. The molecule has 1 rings (SSSR count). The molecular formula is C6H6BF3KNO2S. The molecule has 2 N–H and O–H groups in total. The van der Waals surface area contributed by atoms with Crippen molar-refractivity contribution in [1.29, 1.82) is 0 Å². The number of sulfonamides is 1. The average Bonchev–Trinajstić information content (AvgIpc) is 2.01. The topological polar surface area (TPSA) is 60.2 Å². The molecule has 0 saturated heterocycles. The fraction of sp³-hybridized carbons (Fsp3) is 0. The molecule has 9 heteroatoms. The summed E-state index contributed by atoms with van der Waals surface area (Å²) < 4.78 is 58.0. The Labute approximate surface area is 128 Å². The summed E-state index contributed by atoms with van der Waals surface area (Å²) in [5.74, 6) is 0. The van der Waals surface area contributed by atoms with Crippen molar-refractivity contribution in [3.63, 3.8) is 0 Å². The second-order valence-corrected chi connectivity index (χ2v) is 4.25. The van der Waals surface area contributed by atoms with E-state index in [4.69, 9.17) is 0 Å². The Hall–Kier alpha value is 0.621. The molecule has 0 radical (unpaired) electrons. The molecule has 0 amide bonds. The molecule has 0 aliphatic carbocycles. The minimum absolute atomic E-state index is 0. The molecule has 0 atom stereocenters. The average molecular weight is 263 g/mol. The SMILES string of the molecule is NS(=O)(=O)c1cccc([B-](F)(F)F)c1.[K+]. The van der Waals surface area contributed by atoms with Gasteiger partial charge in [-0.15, -0.1) is 5.46 Å². The first kappa shape index (κ1) is 15.6. The third-order valence-electron chi connectivity index (χ3n) is 1.56. The van der Waals surface area contributed by atoms with Gasteiger partial charge >= 0.3 is 58.4 Å². The van der Waals surface area contributed by atoms with Gasteiger partial charge in [0.15, 0.2) is 0 Å². The van der Waals surface area contributed by atoms with E-state index in [0.717, 1.165) is 18.2 Å². The minimum atomic E-state index is -5.20. The van der Waals surface area contributed by atoms with Crippen LogP contribution in [0.15, 0.2) is 29.2 Å². The van der Waals surface area contributed by atoms with Crippen LogP contribution in [0.2, 0.25) is 0 Å². The largest absolute Gasteiger partial charge is 1.00 e. The fourth-order valence-electron chi connectivity index (χ4n) is 0.895. The Bertz CT molecular complexity index is 448. The number of hydrogen-bond acceptors (Lipinski definition) is 2. The van der Waals surface area contributed by atoms with Crippen molar-refractivity contribution in [2.24, 2.45) is 5.14 Å². The van der Waals surface area contributed by atoms with Gasteiger partial charge in [0.05, 0.1) is 4.90 Å². The Morgan fingerprint density at radius 1 is 1.20 bits per heavy atom. The molecule has 0 bridgehead atoms. The fourth-order valence-corrected chi connectivity index (χ4v) is 1.46. The molecule has 0 heterocycles. The van der Waals surface area contributed by atoms with E-state index in [9.17, 15) is 21.4 Å². The Balaban J connectivity index is 0.00000196. The van der Waals surface area contributed by atoms with Gasteiger partial charge in [0.1, 0.15) is 0 Å². The van der Waals surface area contributed by atoms with Gasteiger partial charge in [-0.25, -0.2) is 13.6 Å². The number of benzene rings is 1. The van der Waals surface area contributed by atoms with Crippen LogP contribution in [-0.2, 0) is 10.0 Å². The van der Waals surface area contributed by atoms with Gasteiger partial charge in [-0.2, -0.15) is 0 Å². The predicted octanol–water partition coefficient (Wildman–Crippen LogP) is -2.61. The van der Waals surface area contributed by atoms with Crippen LogP contribution in [-0.4, -0.2) is 15.4 Å². The summed E-state index contributed by atoms with van der Waals surface area (Å²) in [5, 5.41) is 4.68. The first-order chi connectivity index (χ1) is 6.21. The summed E-state index contributed by atoms with van der Waals surface area (Å²) in [6.45, 7) is -5.20. The number of nitrogens with two attached hydrogens (primary N) is 1. The summed E-state index contributed by atoms with van der Waals surface area (Å²) in [7, 11) is -4.08. The van der Waals surface area contributed by atoms with Crippen molar-refractivity contribution in [3.8, 4) is 0 Å². The summed E-state index contributed by atoms with van der Waals surface area (Å²) in [6, 6.07) is 3.34. The number of primary sulfonamides is 1. The molecule has 0 aromatic heterocycles. The third-order valence-corrected chi connectivity index (χ3v) is 2.48. The van der Waals surface area contributed by atoms with Gasteiger partial charge in [-0.05, 0) is 6.07 Å². The van der Waals surface area contributed by atoms with E-state index in [-0.39, 0.29) is 51.4 Å². The molecule has 3 nitrogen and oxygen atoms in total. The van der Waals surface area contributed by atoms with E-state index in [1.165, 1.54) is 0 Å². The molecule has 1 aromatic rings.